The number of hydrogen-bond donors (Lipinski definition) is 1. The molecule has 0 aliphatic heterocycles. The Morgan fingerprint density at radius 2 is 2.00 bits per heavy atom. The Kier molecular flexibility index (Phi) is 3.63. The third kappa shape index (κ3) is 3.30. The third-order valence-electron chi connectivity index (χ3n) is 2.28. The normalized spacial score (nSPS) is 11.2. The molecule has 88 valence electrons. The van der Waals surface area contributed by atoms with E-state index in [1.807, 2.05) is 39.0 Å². The van der Waals surface area contributed by atoms with Gasteiger partial charge in [-0.3, -0.25) is 0 Å². The number of benzene rings is 1. The van der Waals surface area contributed by atoms with Gasteiger partial charge >= 0.3 is 0 Å². The molecule has 0 spiro atoms. The van der Waals surface area contributed by atoms with Crippen LogP contribution in [0.1, 0.15) is 38.8 Å². The highest BCUT2D eigenvalue weighted by Gasteiger charge is 2.14. The summed E-state index contributed by atoms with van der Waals surface area (Å²) in [5, 5.41) is 0. The van der Waals surface area contributed by atoms with Crippen LogP contribution in [0.15, 0.2) is 24.8 Å². The standard InChI is InChI=1S/C14H21NO/c1-6-11-9-12(7-8-13(11)15)10(2)16-14(3,4)5/h7-9H,2,6,15H2,1,3-5H3. The number of ether oxygens (including phenoxy) is 1. The quantitative estimate of drug-likeness (QED) is 0.622. The molecule has 2 heteroatoms. The lowest BCUT2D eigenvalue weighted by atomic mass is 10.1. The maximum absolute atomic E-state index is 5.86. The molecule has 0 atom stereocenters. The Labute approximate surface area is 98.1 Å². The molecular weight excluding hydrogens is 198 g/mol. The summed E-state index contributed by atoms with van der Waals surface area (Å²) in [7, 11) is 0. The molecule has 0 fully saturated rings. The fraction of sp³-hybridized carbons (Fsp3) is 0.429. The molecule has 0 radical (unpaired) electrons. The number of nitrogen functional groups attached to an aromatic ring is 1. The van der Waals surface area contributed by atoms with Crippen LogP contribution in [0.3, 0.4) is 0 Å². The fourth-order valence-electron chi connectivity index (χ4n) is 1.51. The zero-order valence-corrected chi connectivity index (χ0v) is 10.6. The summed E-state index contributed by atoms with van der Waals surface area (Å²) in [5.74, 6) is 0.696. The van der Waals surface area contributed by atoms with Gasteiger partial charge in [0.1, 0.15) is 11.4 Å². The van der Waals surface area contributed by atoms with Crippen molar-refractivity contribution in [2.24, 2.45) is 0 Å². The highest BCUT2D eigenvalue weighted by Crippen LogP contribution is 2.24. The lowest BCUT2D eigenvalue weighted by Crippen LogP contribution is -2.17. The van der Waals surface area contributed by atoms with E-state index in [1.54, 1.807) is 0 Å². The van der Waals surface area contributed by atoms with Crippen molar-refractivity contribution < 1.29 is 4.74 Å². The molecule has 0 aliphatic carbocycles. The van der Waals surface area contributed by atoms with Crippen molar-refractivity contribution in [3.63, 3.8) is 0 Å². The maximum atomic E-state index is 5.86. The van der Waals surface area contributed by atoms with Gasteiger partial charge in [-0.1, -0.05) is 13.5 Å². The Morgan fingerprint density at radius 1 is 1.38 bits per heavy atom. The largest absolute Gasteiger partial charge is 0.488 e. The molecule has 1 aromatic rings. The number of anilines is 1. The zero-order valence-electron chi connectivity index (χ0n) is 10.6. The average molecular weight is 219 g/mol. The van der Waals surface area contributed by atoms with E-state index in [1.165, 1.54) is 0 Å². The zero-order chi connectivity index (χ0) is 12.3. The summed E-state index contributed by atoms with van der Waals surface area (Å²) < 4.78 is 5.73. The monoisotopic (exact) mass is 219 g/mol. The van der Waals surface area contributed by atoms with Crippen LogP contribution in [-0.2, 0) is 11.2 Å². The van der Waals surface area contributed by atoms with Gasteiger partial charge in [-0.15, -0.1) is 0 Å². The molecule has 16 heavy (non-hydrogen) atoms. The van der Waals surface area contributed by atoms with Gasteiger partial charge in [0.15, 0.2) is 0 Å². The summed E-state index contributed by atoms with van der Waals surface area (Å²) in [6, 6.07) is 5.90. The van der Waals surface area contributed by atoms with Crippen LogP contribution < -0.4 is 5.73 Å². The molecule has 0 saturated carbocycles. The molecule has 2 nitrogen and oxygen atoms in total. The second-order valence-corrected chi connectivity index (χ2v) is 4.90. The van der Waals surface area contributed by atoms with E-state index in [0.29, 0.717) is 5.76 Å². The lowest BCUT2D eigenvalue weighted by Gasteiger charge is -2.23. The first-order valence-corrected chi connectivity index (χ1v) is 5.60. The predicted octanol–water partition coefficient (Wildman–Crippen LogP) is 3.62. The van der Waals surface area contributed by atoms with Crippen molar-refractivity contribution in [3.05, 3.63) is 35.9 Å². The van der Waals surface area contributed by atoms with Crippen LogP contribution in [0.25, 0.3) is 5.76 Å². The minimum atomic E-state index is -0.217. The van der Waals surface area contributed by atoms with E-state index in [-0.39, 0.29) is 5.60 Å². The third-order valence-corrected chi connectivity index (χ3v) is 2.28. The van der Waals surface area contributed by atoms with E-state index < -0.39 is 0 Å². The molecule has 2 N–H and O–H groups in total. The van der Waals surface area contributed by atoms with Gasteiger partial charge < -0.3 is 10.5 Å². The van der Waals surface area contributed by atoms with Gasteiger partial charge in [0.25, 0.3) is 0 Å². The second-order valence-electron chi connectivity index (χ2n) is 4.90. The minimum Gasteiger partial charge on any atom is -0.488 e. The topological polar surface area (TPSA) is 35.2 Å². The van der Waals surface area contributed by atoms with Crippen LogP contribution in [0, 0.1) is 0 Å². The Morgan fingerprint density at radius 3 is 2.50 bits per heavy atom. The van der Waals surface area contributed by atoms with Crippen molar-refractivity contribution >= 4 is 11.4 Å². The first-order valence-electron chi connectivity index (χ1n) is 5.60. The van der Waals surface area contributed by atoms with E-state index in [0.717, 1.165) is 23.2 Å². The van der Waals surface area contributed by atoms with Gasteiger partial charge in [-0.05, 0) is 51.0 Å². The molecule has 0 aliphatic rings. The molecule has 0 unspecified atom stereocenters. The van der Waals surface area contributed by atoms with E-state index in [9.17, 15) is 0 Å². The predicted molar refractivity (Wildman–Crippen MR) is 70.1 cm³/mol. The summed E-state index contributed by atoms with van der Waals surface area (Å²) in [6.07, 6.45) is 0.919. The Hall–Kier alpha value is -1.44. The summed E-state index contributed by atoms with van der Waals surface area (Å²) in [5.41, 5.74) is 8.60. The number of hydrogen-bond acceptors (Lipinski definition) is 2. The summed E-state index contributed by atoms with van der Waals surface area (Å²) in [4.78, 5) is 0. The Bertz CT molecular complexity index is 388. The van der Waals surface area contributed by atoms with Crippen LogP contribution in [0.5, 0.6) is 0 Å². The summed E-state index contributed by atoms with van der Waals surface area (Å²) in [6.45, 7) is 12.1. The van der Waals surface area contributed by atoms with Crippen LogP contribution in [-0.4, -0.2) is 5.60 Å². The highest BCUT2D eigenvalue weighted by atomic mass is 16.5. The first kappa shape index (κ1) is 12.6. The van der Waals surface area contributed by atoms with Gasteiger partial charge in [0.05, 0.1) is 0 Å². The van der Waals surface area contributed by atoms with Crippen molar-refractivity contribution in [1.82, 2.24) is 0 Å². The Balaban J connectivity index is 2.93. The van der Waals surface area contributed by atoms with E-state index >= 15 is 0 Å². The SMILES string of the molecule is C=C(OC(C)(C)C)c1ccc(N)c(CC)c1. The van der Waals surface area contributed by atoms with Crippen molar-refractivity contribution in [2.75, 3.05) is 5.73 Å². The molecule has 0 bridgehead atoms. The smallest absolute Gasteiger partial charge is 0.120 e. The molecule has 1 aromatic carbocycles. The van der Waals surface area contributed by atoms with Crippen LogP contribution in [0.2, 0.25) is 0 Å². The van der Waals surface area contributed by atoms with Crippen molar-refractivity contribution in [1.29, 1.82) is 0 Å². The van der Waals surface area contributed by atoms with Gasteiger partial charge in [-0.2, -0.15) is 0 Å². The lowest BCUT2D eigenvalue weighted by molar-refractivity contribution is 0.0976. The number of aryl methyl sites for hydroxylation is 1. The molecule has 0 heterocycles. The average Bonchev–Trinajstić information content (AvgIpc) is 2.15. The number of nitrogens with two attached hydrogens (primary N) is 1. The van der Waals surface area contributed by atoms with Gasteiger partial charge in [-0.25, -0.2) is 0 Å². The number of rotatable bonds is 3. The van der Waals surface area contributed by atoms with E-state index in [2.05, 4.69) is 13.5 Å². The maximum Gasteiger partial charge on any atom is 0.120 e. The van der Waals surface area contributed by atoms with Crippen molar-refractivity contribution in [3.8, 4) is 0 Å². The van der Waals surface area contributed by atoms with Crippen molar-refractivity contribution in [2.45, 2.75) is 39.7 Å². The van der Waals surface area contributed by atoms with Crippen LogP contribution in [0.4, 0.5) is 5.69 Å². The van der Waals surface area contributed by atoms with Gasteiger partial charge in [0.2, 0.25) is 0 Å². The fourth-order valence-corrected chi connectivity index (χ4v) is 1.51. The molecule has 0 aromatic heterocycles. The van der Waals surface area contributed by atoms with E-state index in [4.69, 9.17) is 10.5 Å². The minimum absolute atomic E-state index is 0.217. The molecule has 1 rings (SSSR count). The molecular formula is C14H21NO. The second kappa shape index (κ2) is 4.60. The highest BCUT2D eigenvalue weighted by molar-refractivity contribution is 5.62. The first-order chi connectivity index (χ1) is 7.33. The summed E-state index contributed by atoms with van der Waals surface area (Å²) >= 11 is 0. The molecule has 0 saturated heterocycles. The molecule has 0 amide bonds. The van der Waals surface area contributed by atoms with Crippen LogP contribution >= 0.6 is 0 Å². The van der Waals surface area contributed by atoms with Gasteiger partial charge in [0, 0.05) is 11.3 Å².